The Hall–Kier alpha value is -2.08. The summed E-state index contributed by atoms with van der Waals surface area (Å²) in [6, 6.07) is 7.79. The summed E-state index contributed by atoms with van der Waals surface area (Å²) in [4.78, 5) is 2.51. The second kappa shape index (κ2) is 8.74. The van der Waals surface area contributed by atoms with Crippen LogP contribution in [0, 0.1) is 0 Å². The number of likely N-dealkylation sites (tertiary alicyclic amines) is 1. The van der Waals surface area contributed by atoms with Crippen molar-refractivity contribution < 1.29 is 9.47 Å². The topological polar surface area (TPSA) is 52.4 Å². The van der Waals surface area contributed by atoms with E-state index < -0.39 is 0 Å². The van der Waals surface area contributed by atoms with E-state index in [9.17, 15) is 0 Å². The minimum Gasteiger partial charge on any atom is -0.497 e. The first-order valence-corrected chi connectivity index (χ1v) is 10.2. The SMILES string of the molecule is COc1ccc(OCCN2CCCC(c3nnc4n3CCCCC4)C2)cc1. The third kappa shape index (κ3) is 4.43. The van der Waals surface area contributed by atoms with E-state index in [1.807, 2.05) is 24.3 Å². The first kappa shape index (κ1) is 18.3. The van der Waals surface area contributed by atoms with Crippen molar-refractivity contribution in [3.63, 3.8) is 0 Å². The van der Waals surface area contributed by atoms with Crippen LogP contribution in [0.5, 0.6) is 11.5 Å². The van der Waals surface area contributed by atoms with Crippen LogP contribution >= 0.6 is 0 Å². The fourth-order valence-electron chi connectivity index (χ4n) is 4.24. The van der Waals surface area contributed by atoms with E-state index >= 15 is 0 Å². The number of aryl methyl sites for hydroxylation is 1. The van der Waals surface area contributed by atoms with Gasteiger partial charge in [0.05, 0.1) is 7.11 Å². The summed E-state index contributed by atoms with van der Waals surface area (Å²) in [7, 11) is 1.68. The van der Waals surface area contributed by atoms with Crippen LogP contribution in [-0.4, -0.2) is 53.0 Å². The number of hydrogen-bond acceptors (Lipinski definition) is 5. The maximum Gasteiger partial charge on any atom is 0.137 e. The van der Waals surface area contributed by atoms with Gasteiger partial charge in [-0.05, 0) is 56.5 Å². The quantitative estimate of drug-likeness (QED) is 0.781. The summed E-state index contributed by atoms with van der Waals surface area (Å²) in [5.74, 6) is 4.66. The number of benzene rings is 1. The lowest BCUT2D eigenvalue weighted by Crippen LogP contribution is -2.38. The van der Waals surface area contributed by atoms with Gasteiger partial charge in [0.2, 0.25) is 0 Å². The summed E-state index contributed by atoms with van der Waals surface area (Å²) < 4.78 is 13.5. The Morgan fingerprint density at radius 2 is 1.85 bits per heavy atom. The number of aromatic nitrogens is 3. The van der Waals surface area contributed by atoms with Crippen LogP contribution < -0.4 is 9.47 Å². The number of piperidine rings is 1. The van der Waals surface area contributed by atoms with Gasteiger partial charge in [-0.1, -0.05) is 6.42 Å². The van der Waals surface area contributed by atoms with Crippen LogP contribution in [0.25, 0.3) is 0 Å². The average Bonchev–Trinajstić information content (AvgIpc) is 2.97. The van der Waals surface area contributed by atoms with Crippen LogP contribution in [0.2, 0.25) is 0 Å². The Morgan fingerprint density at radius 3 is 2.70 bits per heavy atom. The molecule has 0 aliphatic carbocycles. The van der Waals surface area contributed by atoms with Crippen LogP contribution in [0.3, 0.4) is 0 Å². The van der Waals surface area contributed by atoms with Crippen molar-refractivity contribution in [2.24, 2.45) is 0 Å². The molecule has 2 aliphatic rings. The van der Waals surface area contributed by atoms with Gasteiger partial charge >= 0.3 is 0 Å². The molecule has 146 valence electrons. The molecule has 1 atom stereocenters. The van der Waals surface area contributed by atoms with Gasteiger partial charge in [-0.25, -0.2) is 0 Å². The lowest BCUT2D eigenvalue weighted by molar-refractivity contribution is 0.166. The zero-order chi connectivity index (χ0) is 18.5. The Morgan fingerprint density at radius 1 is 1.00 bits per heavy atom. The molecule has 4 rings (SSSR count). The second-order valence-corrected chi connectivity index (χ2v) is 7.60. The van der Waals surface area contributed by atoms with Crippen molar-refractivity contribution in [1.29, 1.82) is 0 Å². The molecule has 1 saturated heterocycles. The zero-order valence-electron chi connectivity index (χ0n) is 16.3. The standard InChI is InChI=1S/C21H30N4O2/c1-26-18-8-10-19(11-9-18)27-15-14-24-12-5-6-17(16-24)21-23-22-20-7-3-2-4-13-25(20)21/h8-11,17H,2-7,12-16H2,1H3. The molecule has 1 aromatic carbocycles. The highest BCUT2D eigenvalue weighted by Crippen LogP contribution is 2.28. The lowest BCUT2D eigenvalue weighted by atomic mass is 9.97. The summed E-state index contributed by atoms with van der Waals surface area (Å²) in [5.41, 5.74) is 0. The highest BCUT2D eigenvalue weighted by Gasteiger charge is 2.27. The van der Waals surface area contributed by atoms with Gasteiger partial charge in [0.25, 0.3) is 0 Å². The molecule has 1 unspecified atom stereocenters. The number of rotatable bonds is 6. The summed E-state index contributed by atoms with van der Waals surface area (Å²) in [5, 5.41) is 9.08. The van der Waals surface area contributed by atoms with Crippen molar-refractivity contribution in [1.82, 2.24) is 19.7 Å². The Labute approximate surface area is 161 Å². The normalized spacial score (nSPS) is 20.7. The summed E-state index contributed by atoms with van der Waals surface area (Å²) >= 11 is 0. The molecule has 1 fully saturated rings. The van der Waals surface area contributed by atoms with Gasteiger partial charge < -0.3 is 14.0 Å². The first-order chi connectivity index (χ1) is 13.3. The maximum atomic E-state index is 5.91. The van der Waals surface area contributed by atoms with E-state index in [0.29, 0.717) is 12.5 Å². The highest BCUT2D eigenvalue weighted by molar-refractivity contribution is 5.31. The smallest absolute Gasteiger partial charge is 0.137 e. The number of nitrogens with zero attached hydrogens (tertiary/aromatic N) is 4. The first-order valence-electron chi connectivity index (χ1n) is 10.2. The molecule has 2 aliphatic heterocycles. The fourth-order valence-corrected chi connectivity index (χ4v) is 4.24. The summed E-state index contributed by atoms with van der Waals surface area (Å²) in [6.45, 7) is 4.95. The molecule has 27 heavy (non-hydrogen) atoms. The van der Waals surface area contributed by atoms with Crippen molar-refractivity contribution in [3.8, 4) is 11.5 Å². The minimum atomic E-state index is 0.499. The van der Waals surface area contributed by atoms with Gasteiger partial charge in [-0.3, -0.25) is 4.90 Å². The summed E-state index contributed by atoms with van der Waals surface area (Å²) in [6.07, 6.45) is 7.33. The predicted octanol–water partition coefficient (Wildman–Crippen LogP) is 3.27. The van der Waals surface area contributed by atoms with E-state index in [4.69, 9.17) is 9.47 Å². The van der Waals surface area contributed by atoms with Crippen LogP contribution in [0.1, 0.15) is 49.7 Å². The van der Waals surface area contributed by atoms with Gasteiger partial charge in [0.15, 0.2) is 0 Å². The number of ether oxygens (including phenoxy) is 2. The average molecular weight is 370 g/mol. The predicted molar refractivity (Wildman–Crippen MR) is 104 cm³/mol. The Kier molecular flexibility index (Phi) is 5.92. The third-order valence-electron chi connectivity index (χ3n) is 5.74. The fraction of sp³-hybridized carbons (Fsp3) is 0.619. The number of fused-ring (bicyclic) bond motifs is 1. The van der Waals surface area contributed by atoms with E-state index in [2.05, 4.69) is 19.7 Å². The highest BCUT2D eigenvalue weighted by atomic mass is 16.5. The monoisotopic (exact) mass is 370 g/mol. The second-order valence-electron chi connectivity index (χ2n) is 7.60. The van der Waals surface area contributed by atoms with E-state index in [0.717, 1.165) is 44.1 Å². The maximum absolute atomic E-state index is 5.91. The zero-order valence-corrected chi connectivity index (χ0v) is 16.3. The van der Waals surface area contributed by atoms with Crippen molar-refractivity contribution in [2.75, 3.05) is 33.4 Å². The van der Waals surface area contributed by atoms with Crippen LogP contribution in [0.15, 0.2) is 24.3 Å². The van der Waals surface area contributed by atoms with Crippen LogP contribution in [-0.2, 0) is 13.0 Å². The molecule has 0 saturated carbocycles. The van der Waals surface area contributed by atoms with E-state index in [1.165, 1.54) is 43.8 Å². The minimum absolute atomic E-state index is 0.499. The molecular formula is C21H30N4O2. The third-order valence-corrected chi connectivity index (χ3v) is 5.74. The lowest BCUT2D eigenvalue weighted by Gasteiger charge is -2.32. The molecule has 6 nitrogen and oxygen atoms in total. The van der Waals surface area contributed by atoms with Gasteiger partial charge in [0.1, 0.15) is 29.8 Å². The molecule has 1 aromatic heterocycles. The van der Waals surface area contributed by atoms with Gasteiger partial charge in [-0.15, -0.1) is 10.2 Å². The Bertz CT molecular complexity index is 728. The van der Waals surface area contributed by atoms with Crippen LogP contribution in [0.4, 0.5) is 0 Å². The Balaban J connectivity index is 1.31. The molecule has 0 bridgehead atoms. The molecule has 2 aromatic rings. The van der Waals surface area contributed by atoms with Gasteiger partial charge in [-0.2, -0.15) is 0 Å². The van der Waals surface area contributed by atoms with E-state index in [-0.39, 0.29) is 0 Å². The molecule has 6 heteroatoms. The largest absolute Gasteiger partial charge is 0.497 e. The molecular weight excluding hydrogens is 340 g/mol. The van der Waals surface area contributed by atoms with Crippen molar-refractivity contribution in [3.05, 3.63) is 35.9 Å². The molecule has 0 amide bonds. The molecule has 0 spiro atoms. The molecule has 0 N–H and O–H groups in total. The van der Waals surface area contributed by atoms with Crippen molar-refractivity contribution in [2.45, 2.75) is 51.0 Å². The number of hydrogen-bond donors (Lipinski definition) is 0. The number of methoxy groups -OCH3 is 1. The molecule has 3 heterocycles. The van der Waals surface area contributed by atoms with E-state index in [1.54, 1.807) is 7.11 Å². The molecule has 0 radical (unpaired) electrons. The van der Waals surface area contributed by atoms with Gasteiger partial charge in [0, 0.05) is 32.0 Å². The van der Waals surface area contributed by atoms with Crippen molar-refractivity contribution >= 4 is 0 Å².